The summed E-state index contributed by atoms with van der Waals surface area (Å²) in [4.78, 5) is 36.9. The molecule has 9 heteroatoms. The predicted molar refractivity (Wildman–Crippen MR) is 106 cm³/mol. The van der Waals surface area contributed by atoms with Crippen molar-refractivity contribution in [3.8, 4) is 11.5 Å². The number of carboxylic acid groups (broad SMARTS) is 1. The Balaban J connectivity index is 1.80. The van der Waals surface area contributed by atoms with E-state index in [0.29, 0.717) is 16.1 Å². The van der Waals surface area contributed by atoms with Crippen molar-refractivity contribution in [1.29, 1.82) is 0 Å². The van der Waals surface area contributed by atoms with Crippen LogP contribution in [-0.2, 0) is 16.1 Å². The van der Waals surface area contributed by atoms with Gasteiger partial charge in [0.15, 0.2) is 11.5 Å². The van der Waals surface area contributed by atoms with E-state index in [1.165, 1.54) is 13.2 Å². The lowest BCUT2D eigenvalue weighted by Gasteiger charge is -2.13. The second kappa shape index (κ2) is 9.02. The maximum atomic E-state index is 12.7. The molecular formula is C20H15ClNO6S-. The molecule has 1 heterocycles. The third-order valence-corrected chi connectivity index (χ3v) is 5.27. The number of carbonyl (C=O) groups excluding carboxylic acids is 3. The fourth-order valence-corrected chi connectivity index (χ4v) is 3.65. The van der Waals surface area contributed by atoms with Crippen LogP contribution in [0.4, 0.5) is 4.79 Å². The Morgan fingerprint density at radius 1 is 1.21 bits per heavy atom. The first kappa shape index (κ1) is 20.8. The summed E-state index contributed by atoms with van der Waals surface area (Å²) in [6.45, 7) is -0.530. The number of halogens is 1. The van der Waals surface area contributed by atoms with E-state index in [9.17, 15) is 19.5 Å². The minimum Gasteiger partial charge on any atom is -0.546 e. The molecule has 1 saturated heterocycles. The van der Waals surface area contributed by atoms with Gasteiger partial charge in [-0.1, -0.05) is 35.9 Å². The van der Waals surface area contributed by atoms with Gasteiger partial charge in [0.2, 0.25) is 0 Å². The van der Waals surface area contributed by atoms with E-state index < -0.39 is 18.5 Å². The molecule has 2 amide bonds. The number of benzene rings is 2. The van der Waals surface area contributed by atoms with Gasteiger partial charge in [-0.3, -0.25) is 14.5 Å². The molecule has 1 aliphatic rings. The average Bonchev–Trinajstić information content (AvgIpc) is 2.95. The molecule has 0 bridgehead atoms. The highest BCUT2D eigenvalue weighted by molar-refractivity contribution is 8.18. The number of thioether (sulfide) groups is 1. The van der Waals surface area contributed by atoms with Crippen molar-refractivity contribution in [3.63, 3.8) is 0 Å². The van der Waals surface area contributed by atoms with Crippen molar-refractivity contribution < 1.29 is 29.0 Å². The Morgan fingerprint density at radius 2 is 1.97 bits per heavy atom. The number of aliphatic carboxylic acids is 1. The zero-order valence-electron chi connectivity index (χ0n) is 15.2. The maximum Gasteiger partial charge on any atom is 0.293 e. The predicted octanol–water partition coefficient (Wildman–Crippen LogP) is 2.71. The average molecular weight is 433 g/mol. The first-order chi connectivity index (χ1) is 13.9. The zero-order valence-corrected chi connectivity index (χ0v) is 16.8. The molecule has 0 saturated carbocycles. The molecule has 0 aliphatic carbocycles. The van der Waals surface area contributed by atoms with Crippen molar-refractivity contribution in [2.24, 2.45) is 0 Å². The van der Waals surface area contributed by atoms with Gasteiger partial charge < -0.3 is 19.4 Å². The smallest absolute Gasteiger partial charge is 0.293 e. The van der Waals surface area contributed by atoms with Gasteiger partial charge in [0.25, 0.3) is 11.1 Å². The Morgan fingerprint density at radius 3 is 2.66 bits per heavy atom. The second-order valence-corrected chi connectivity index (χ2v) is 7.33. The third kappa shape index (κ3) is 4.90. The number of amides is 2. The van der Waals surface area contributed by atoms with Crippen LogP contribution in [0.15, 0.2) is 47.4 Å². The summed E-state index contributed by atoms with van der Waals surface area (Å²) in [6.07, 6.45) is 1.56. The maximum absolute atomic E-state index is 12.7. The van der Waals surface area contributed by atoms with Crippen LogP contribution in [0.1, 0.15) is 11.1 Å². The Hall–Kier alpha value is -2.97. The third-order valence-electron chi connectivity index (χ3n) is 3.99. The van der Waals surface area contributed by atoms with Crippen molar-refractivity contribution in [3.05, 3.63) is 63.5 Å². The number of imide groups is 1. The van der Waals surface area contributed by atoms with Gasteiger partial charge in [0.1, 0.15) is 6.61 Å². The van der Waals surface area contributed by atoms with Gasteiger partial charge in [-0.15, -0.1) is 0 Å². The lowest BCUT2D eigenvalue weighted by Crippen LogP contribution is -2.29. The molecule has 0 spiro atoms. The Bertz CT molecular complexity index is 1010. The van der Waals surface area contributed by atoms with E-state index in [2.05, 4.69) is 0 Å². The van der Waals surface area contributed by atoms with Gasteiger partial charge in [0, 0.05) is 5.02 Å². The van der Waals surface area contributed by atoms with Crippen LogP contribution in [0.5, 0.6) is 11.5 Å². The number of hydrogen-bond donors (Lipinski definition) is 0. The summed E-state index contributed by atoms with van der Waals surface area (Å²) in [7, 11) is 1.41. The number of nitrogens with zero attached hydrogens (tertiary/aromatic N) is 1. The van der Waals surface area contributed by atoms with Crippen molar-refractivity contribution in [1.82, 2.24) is 4.90 Å². The normalized spacial score (nSPS) is 15.1. The minimum absolute atomic E-state index is 0.0843. The summed E-state index contributed by atoms with van der Waals surface area (Å²) in [5.41, 5.74) is 1.26. The lowest BCUT2D eigenvalue weighted by molar-refractivity contribution is -0.307. The summed E-state index contributed by atoms with van der Waals surface area (Å²) in [6, 6.07) is 11.7. The summed E-state index contributed by atoms with van der Waals surface area (Å²) in [5.74, 6) is -1.27. The molecule has 150 valence electrons. The summed E-state index contributed by atoms with van der Waals surface area (Å²) >= 11 is 6.95. The van der Waals surface area contributed by atoms with Crippen LogP contribution in [0.25, 0.3) is 6.08 Å². The van der Waals surface area contributed by atoms with E-state index in [1.807, 2.05) is 0 Å². The molecule has 3 rings (SSSR count). The second-order valence-electron chi connectivity index (χ2n) is 5.93. The van der Waals surface area contributed by atoms with Gasteiger partial charge in [0.05, 0.1) is 24.5 Å². The number of ether oxygens (including phenoxy) is 2. The summed E-state index contributed by atoms with van der Waals surface area (Å²) in [5, 5.41) is 10.6. The molecule has 0 N–H and O–H groups in total. The zero-order chi connectivity index (χ0) is 21.0. The Kier molecular flexibility index (Phi) is 6.46. The topological polar surface area (TPSA) is 96.0 Å². The number of methoxy groups -OCH3 is 1. The van der Waals surface area contributed by atoms with Gasteiger partial charge >= 0.3 is 0 Å². The molecule has 0 unspecified atom stereocenters. The number of carbonyl (C=O) groups is 3. The van der Waals surface area contributed by atoms with Crippen molar-refractivity contribution in [2.45, 2.75) is 6.54 Å². The van der Waals surface area contributed by atoms with Gasteiger partial charge in [-0.25, -0.2) is 0 Å². The van der Waals surface area contributed by atoms with Crippen LogP contribution >= 0.6 is 23.4 Å². The summed E-state index contributed by atoms with van der Waals surface area (Å²) < 4.78 is 10.3. The van der Waals surface area contributed by atoms with Crippen LogP contribution < -0.4 is 14.6 Å². The molecule has 0 aromatic heterocycles. The standard InChI is InChI=1S/C20H16ClNO6S/c1-27-16-8-12(6-7-15(16)28-11-18(23)24)9-17-19(25)22(20(26)29-17)10-13-4-2-3-5-14(13)21/h2-9H,10-11H2,1H3,(H,23,24)/p-1/b17-9-. The quantitative estimate of drug-likeness (QED) is 0.620. The first-order valence-electron chi connectivity index (χ1n) is 8.38. The van der Waals surface area contributed by atoms with Crippen molar-refractivity contribution >= 4 is 46.6 Å². The molecular weight excluding hydrogens is 418 g/mol. The SMILES string of the molecule is COc1cc(/C=C2\SC(=O)N(Cc3ccccc3Cl)C2=O)ccc1OCC(=O)[O-]. The largest absolute Gasteiger partial charge is 0.546 e. The van der Waals surface area contributed by atoms with Gasteiger partial charge in [-0.2, -0.15) is 0 Å². The fourth-order valence-electron chi connectivity index (χ4n) is 2.61. The van der Waals surface area contributed by atoms with Gasteiger partial charge in [-0.05, 0) is 47.2 Å². The van der Waals surface area contributed by atoms with Crippen LogP contribution in [0, 0.1) is 0 Å². The highest BCUT2D eigenvalue weighted by Gasteiger charge is 2.35. The highest BCUT2D eigenvalue weighted by Crippen LogP contribution is 2.35. The molecule has 0 radical (unpaired) electrons. The minimum atomic E-state index is -1.36. The number of hydrogen-bond acceptors (Lipinski definition) is 7. The van der Waals surface area contributed by atoms with E-state index in [1.54, 1.807) is 42.5 Å². The van der Waals surface area contributed by atoms with E-state index >= 15 is 0 Å². The highest BCUT2D eigenvalue weighted by atomic mass is 35.5. The monoisotopic (exact) mass is 432 g/mol. The lowest BCUT2D eigenvalue weighted by atomic mass is 10.1. The van der Waals surface area contributed by atoms with Crippen LogP contribution in [0.3, 0.4) is 0 Å². The van der Waals surface area contributed by atoms with Crippen molar-refractivity contribution in [2.75, 3.05) is 13.7 Å². The molecule has 0 atom stereocenters. The molecule has 2 aromatic rings. The Labute approximate surface area is 175 Å². The van der Waals surface area contributed by atoms with E-state index in [4.69, 9.17) is 21.1 Å². The van der Waals surface area contributed by atoms with Crippen LogP contribution in [-0.4, -0.2) is 35.7 Å². The van der Waals surface area contributed by atoms with E-state index in [0.717, 1.165) is 16.7 Å². The first-order valence-corrected chi connectivity index (χ1v) is 9.58. The molecule has 29 heavy (non-hydrogen) atoms. The van der Waals surface area contributed by atoms with Crippen LogP contribution in [0.2, 0.25) is 5.02 Å². The number of carboxylic acids is 1. The fraction of sp³-hybridized carbons (Fsp3) is 0.150. The molecule has 1 aliphatic heterocycles. The molecule has 2 aromatic carbocycles. The molecule has 1 fully saturated rings. The number of rotatable bonds is 7. The van der Waals surface area contributed by atoms with E-state index in [-0.39, 0.29) is 28.2 Å². The molecule has 7 nitrogen and oxygen atoms in total.